The Labute approximate surface area is 193 Å². The number of aliphatic imine (C=N–C) groups is 1. The first-order valence-electron chi connectivity index (χ1n) is 11.1. The average molecular weight is 439 g/mol. The Morgan fingerprint density at radius 3 is 2.48 bits per heavy atom. The van der Waals surface area contributed by atoms with Crippen molar-refractivity contribution in [3.8, 4) is 22.6 Å². The summed E-state index contributed by atoms with van der Waals surface area (Å²) in [4.78, 5) is 9.54. The summed E-state index contributed by atoms with van der Waals surface area (Å²) in [5, 5.41) is 5.04. The van der Waals surface area contributed by atoms with Crippen LogP contribution in [-0.2, 0) is 6.42 Å². The highest BCUT2D eigenvalue weighted by atomic mass is 16.5. The number of nitrogens with zero attached hydrogens (tertiary/aromatic N) is 4. The Bertz CT molecular complexity index is 1290. The second-order valence-corrected chi connectivity index (χ2v) is 7.94. The fraction of sp³-hybridized carbons (Fsp3) is 0.222. The monoisotopic (exact) mass is 438 g/mol. The molecule has 6 heteroatoms. The van der Waals surface area contributed by atoms with E-state index in [9.17, 15) is 0 Å². The molecule has 6 nitrogen and oxygen atoms in total. The van der Waals surface area contributed by atoms with Crippen molar-refractivity contribution < 1.29 is 9.47 Å². The van der Waals surface area contributed by atoms with E-state index in [0.717, 1.165) is 57.4 Å². The number of aromatic nitrogens is 3. The van der Waals surface area contributed by atoms with Crippen molar-refractivity contribution in [2.45, 2.75) is 25.8 Å². The Kier molecular flexibility index (Phi) is 5.65. The fourth-order valence-corrected chi connectivity index (χ4v) is 4.42. The standard InChI is InChI=1S/C27H26N4O2/c1-4-22-26(18-11-13-20(32-2)14-12-18)27-29-23(21-9-5-6-10-25(21)33-3)16-24(31(27)30-22)19-8-7-15-28-17-19/h5-15,17,24H,4,16H2,1-3H3/t24-/m0/s1. The Balaban J connectivity index is 1.74. The lowest BCUT2D eigenvalue weighted by atomic mass is 9.95. The minimum absolute atomic E-state index is 0.0107. The molecule has 0 saturated heterocycles. The van der Waals surface area contributed by atoms with Crippen LogP contribution in [0.4, 0.5) is 5.82 Å². The third kappa shape index (κ3) is 3.78. The van der Waals surface area contributed by atoms with Crippen molar-refractivity contribution in [1.82, 2.24) is 14.8 Å². The van der Waals surface area contributed by atoms with Gasteiger partial charge in [0.1, 0.15) is 11.5 Å². The predicted octanol–water partition coefficient (Wildman–Crippen LogP) is 5.64. The second kappa shape index (κ2) is 8.90. The Morgan fingerprint density at radius 2 is 1.79 bits per heavy atom. The number of hydrogen-bond donors (Lipinski definition) is 0. The van der Waals surface area contributed by atoms with E-state index in [1.54, 1.807) is 20.4 Å². The maximum absolute atomic E-state index is 5.66. The van der Waals surface area contributed by atoms with Crippen LogP contribution in [0.5, 0.6) is 11.5 Å². The van der Waals surface area contributed by atoms with Crippen LogP contribution < -0.4 is 9.47 Å². The van der Waals surface area contributed by atoms with Crippen molar-refractivity contribution in [1.29, 1.82) is 0 Å². The minimum atomic E-state index is -0.0107. The van der Waals surface area contributed by atoms with E-state index in [-0.39, 0.29) is 6.04 Å². The predicted molar refractivity (Wildman–Crippen MR) is 130 cm³/mol. The van der Waals surface area contributed by atoms with E-state index in [2.05, 4.69) is 40.9 Å². The van der Waals surface area contributed by atoms with Crippen LogP contribution in [0.3, 0.4) is 0 Å². The third-order valence-corrected chi connectivity index (χ3v) is 6.08. The van der Waals surface area contributed by atoms with Crippen LogP contribution in [0.15, 0.2) is 78.0 Å². The molecule has 2 aromatic carbocycles. The lowest BCUT2D eigenvalue weighted by Gasteiger charge is -2.25. The van der Waals surface area contributed by atoms with Crippen LogP contribution in [0.1, 0.15) is 36.2 Å². The molecule has 0 saturated carbocycles. The van der Waals surface area contributed by atoms with Gasteiger partial charge in [-0.25, -0.2) is 9.67 Å². The summed E-state index contributed by atoms with van der Waals surface area (Å²) in [6.07, 6.45) is 5.22. The molecule has 0 fully saturated rings. The van der Waals surface area contributed by atoms with E-state index >= 15 is 0 Å². The fourth-order valence-electron chi connectivity index (χ4n) is 4.42. The molecular weight excluding hydrogens is 412 g/mol. The van der Waals surface area contributed by atoms with Gasteiger partial charge in [-0.05, 0) is 47.9 Å². The van der Waals surface area contributed by atoms with Crippen LogP contribution in [0.2, 0.25) is 0 Å². The molecule has 1 aliphatic heterocycles. The third-order valence-electron chi connectivity index (χ3n) is 6.08. The average Bonchev–Trinajstić information content (AvgIpc) is 3.27. The molecule has 5 rings (SSSR count). The molecule has 0 aliphatic carbocycles. The smallest absolute Gasteiger partial charge is 0.159 e. The number of benzene rings is 2. The SMILES string of the molecule is CCc1nn2c(c1-c1ccc(OC)cc1)N=C(c1ccccc1OC)C[C@H]2c1cccnc1. The number of para-hydroxylation sites is 1. The van der Waals surface area contributed by atoms with Crippen LogP contribution in [-0.4, -0.2) is 34.7 Å². The van der Waals surface area contributed by atoms with Gasteiger partial charge in [0.05, 0.1) is 31.7 Å². The van der Waals surface area contributed by atoms with E-state index < -0.39 is 0 Å². The lowest BCUT2D eigenvalue weighted by molar-refractivity contribution is 0.413. The molecule has 4 aromatic rings. The first kappa shape index (κ1) is 20.9. The van der Waals surface area contributed by atoms with E-state index in [1.807, 2.05) is 42.6 Å². The largest absolute Gasteiger partial charge is 0.497 e. The van der Waals surface area contributed by atoms with Crippen LogP contribution in [0, 0.1) is 0 Å². The zero-order valence-corrected chi connectivity index (χ0v) is 19.0. The molecule has 33 heavy (non-hydrogen) atoms. The normalized spacial score (nSPS) is 15.0. The minimum Gasteiger partial charge on any atom is -0.497 e. The maximum atomic E-state index is 5.66. The summed E-state index contributed by atoms with van der Waals surface area (Å²) >= 11 is 0. The molecule has 0 amide bonds. The molecule has 1 atom stereocenters. The molecular formula is C27H26N4O2. The Morgan fingerprint density at radius 1 is 0.970 bits per heavy atom. The van der Waals surface area contributed by atoms with Crippen LogP contribution in [0.25, 0.3) is 11.1 Å². The summed E-state index contributed by atoms with van der Waals surface area (Å²) in [5.74, 6) is 2.50. The van der Waals surface area contributed by atoms with Crippen LogP contribution >= 0.6 is 0 Å². The van der Waals surface area contributed by atoms with Gasteiger partial charge in [0, 0.05) is 29.9 Å². The van der Waals surface area contributed by atoms with Crippen molar-refractivity contribution in [2.75, 3.05) is 14.2 Å². The number of methoxy groups -OCH3 is 2. The van der Waals surface area contributed by atoms with E-state index in [4.69, 9.17) is 19.6 Å². The second-order valence-electron chi connectivity index (χ2n) is 7.94. The number of aryl methyl sites for hydroxylation is 1. The highest BCUT2D eigenvalue weighted by molar-refractivity contribution is 6.06. The summed E-state index contributed by atoms with van der Waals surface area (Å²) in [7, 11) is 3.37. The van der Waals surface area contributed by atoms with Gasteiger partial charge in [0.2, 0.25) is 0 Å². The Hall–Kier alpha value is -3.93. The zero-order valence-electron chi connectivity index (χ0n) is 19.0. The number of fused-ring (bicyclic) bond motifs is 1. The molecule has 0 unspecified atom stereocenters. The van der Waals surface area contributed by atoms with Crippen molar-refractivity contribution >= 4 is 11.5 Å². The zero-order chi connectivity index (χ0) is 22.8. The highest BCUT2D eigenvalue weighted by Gasteiger charge is 2.31. The van der Waals surface area contributed by atoms with Crippen molar-refractivity contribution in [3.63, 3.8) is 0 Å². The quantitative estimate of drug-likeness (QED) is 0.391. The number of hydrogen-bond acceptors (Lipinski definition) is 5. The van der Waals surface area contributed by atoms with E-state index in [0.29, 0.717) is 6.42 Å². The first-order valence-corrected chi connectivity index (χ1v) is 11.1. The van der Waals surface area contributed by atoms with Gasteiger partial charge in [-0.15, -0.1) is 0 Å². The molecule has 0 bridgehead atoms. The van der Waals surface area contributed by atoms with Gasteiger partial charge in [-0.2, -0.15) is 5.10 Å². The summed E-state index contributed by atoms with van der Waals surface area (Å²) < 4.78 is 13.1. The van der Waals surface area contributed by atoms with Crippen molar-refractivity contribution in [2.24, 2.45) is 4.99 Å². The summed E-state index contributed by atoms with van der Waals surface area (Å²) in [5.41, 5.74) is 6.23. The maximum Gasteiger partial charge on any atom is 0.159 e. The van der Waals surface area contributed by atoms with Gasteiger partial charge in [-0.1, -0.05) is 37.3 Å². The van der Waals surface area contributed by atoms with Gasteiger partial charge < -0.3 is 9.47 Å². The number of ether oxygens (including phenoxy) is 2. The van der Waals surface area contributed by atoms with Gasteiger partial charge >= 0.3 is 0 Å². The first-order chi connectivity index (χ1) is 16.2. The summed E-state index contributed by atoms with van der Waals surface area (Å²) in [6, 6.07) is 20.2. The van der Waals surface area contributed by atoms with E-state index in [1.165, 1.54) is 0 Å². The topological polar surface area (TPSA) is 61.5 Å². The van der Waals surface area contributed by atoms with Gasteiger partial charge in [0.25, 0.3) is 0 Å². The lowest BCUT2D eigenvalue weighted by Crippen LogP contribution is -2.21. The van der Waals surface area contributed by atoms with Crippen molar-refractivity contribution in [3.05, 3.63) is 89.9 Å². The van der Waals surface area contributed by atoms with Gasteiger partial charge in [-0.3, -0.25) is 4.98 Å². The summed E-state index contributed by atoms with van der Waals surface area (Å²) in [6.45, 7) is 2.13. The molecule has 0 spiro atoms. The van der Waals surface area contributed by atoms with Gasteiger partial charge in [0.15, 0.2) is 5.82 Å². The molecule has 166 valence electrons. The molecule has 1 aliphatic rings. The molecule has 0 N–H and O–H groups in total. The molecule has 0 radical (unpaired) electrons. The number of pyridine rings is 1. The molecule has 3 heterocycles. The highest BCUT2D eigenvalue weighted by Crippen LogP contribution is 2.43. The number of rotatable bonds is 6. The molecule has 2 aromatic heterocycles.